The largest absolute Gasteiger partial charge is 0.354 e. The fraction of sp³-hybridized carbons (Fsp3) is 0.125. The topological polar surface area (TPSA) is 49.8 Å². The Balaban J connectivity index is 2.00. The molecule has 0 amide bonds. The minimum Gasteiger partial charge on any atom is -0.354 e. The van der Waals surface area contributed by atoms with Crippen molar-refractivity contribution in [3.05, 3.63) is 53.1 Å². The summed E-state index contributed by atoms with van der Waals surface area (Å²) < 4.78 is 0.831. The Morgan fingerprint density at radius 3 is 2.76 bits per heavy atom. The summed E-state index contributed by atoms with van der Waals surface area (Å²) in [4.78, 5) is 8.71. The quantitative estimate of drug-likeness (QED) is 0.729. The van der Waals surface area contributed by atoms with E-state index in [-0.39, 0.29) is 0 Å². The molecule has 0 aliphatic rings. The Morgan fingerprint density at radius 1 is 1.10 bits per heavy atom. The van der Waals surface area contributed by atoms with E-state index in [9.17, 15) is 0 Å². The van der Waals surface area contributed by atoms with Crippen molar-refractivity contribution in [2.75, 3.05) is 17.2 Å². The second-order valence-electron chi connectivity index (χ2n) is 4.57. The van der Waals surface area contributed by atoms with E-state index in [1.165, 1.54) is 5.39 Å². The maximum absolute atomic E-state index is 4.48. The van der Waals surface area contributed by atoms with Gasteiger partial charge in [-0.15, -0.1) is 0 Å². The number of nitrogens with one attached hydrogen (secondary N) is 2. The second-order valence-corrected chi connectivity index (χ2v) is 5.43. The summed E-state index contributed by atoms with van der Waals surface area (Å²) in [5.74, 6) is 1.36. The molecule has 2 aromatic carbocycles. The smallest absolute Gasteiger partial charge is 0.224 e. The van der Waals surface area contributed by atoms with Crippen molar-refractivity contribution in [3.63, 3.8) is 0 Å². The highest BCUT2D eigenvalue weighted by molar-refractivity contribution is 9.10. The molecule has 5 heteroatoms. The van der Waals surface area contributed by atoms with E-state index in [1.54, 1.807) is 6.20 Å². The van der Waals surface area contributed by atoms with Crippen LogP contribution in [0.4, 0.5) is 17.5 Å². The SMILES string of the molecule is CCNc1ncc(Br)c(Nc2cccc3ccccc23)n1. The first-order valence-corrected chi connectivity index (χ1v) is 7.58. The van der Waals surface area contributed by atoms with E-state index in [4.69, 9.17) is 0 Å². The van der Waals surface area contributed by atoms with Crippen LogP contribution >= 0.6 is 15.9 Å². The van der Waals surface area contributed by atoms with Crippen LogP contribution in [0.25, 0.3) is 10.8 Å². The monoisotopic (exact) mass is 342 g/mol. The standard InChI is InChI=1S/C16H15BrN4/c1-2-18-16-19-10-13(17)15(21-16)20-14-9-5-7-11-6-3-4-8-12(11)14/h3-10H,2H2,1H3,(H2,18,19,20,21). The molecule has 0 bridgehead atoms. The third kappa shape index (κ3) is 2.97. The molecule has 3 aromatic rings. The highest BCUT2D eigenvalue weighted by Gasteiger charge is 2.07. The van der Waals surface area contributed by atoms with Gasteiger partial charge in [-0.3, -0.25) is 0 Å². The van der Waals surface area contributed by atoms with Crippen LogP contribution in [0.15, 0.2) is 53.1 Å². The van der Waals surface area contributed by atoms with Gasteiger partial charge in [0, 0.05) is 23.8 Å². The molecule has 0 fully saturated rings. The number of hydrogen-bond acceptors (Lipinski definition) is 4. The molecule has 1 aromatic heterocycles. The molecule has 4 nitrogen and oxygen atoms in total. The molecule has 0 aliphatic carbocycles. The number of halogens is 1. The van der Waals surface area contributed by atoms with E-state index < -0.39 is 0 Å². The third-order valence-corrected chi connectivity index (χ3v) is 3.70. The zero-order valence-electron chi connectivity index (χ0n) is 11.6. The molecule has 21 heavy (non-hydrogen) atoms. The molecule has 106 valence electrons. The molecular formula is C16H15BrN4. The van der Waals surface area contributed by atoms with Gasteiger partial charge in [-0.25, -0.2) is 4.98 Å². The highest BCUT2D eigenvalue weighted by Crippen LogP contribution is 2.29. The lowest BCUT2D eigenvalue weighted by Gasteiger charge is -2.11. The van der Waals surface area contributed by atoms with Gasteiger partial charge in [0.15, 0.2) is 0 Å². The van der Waals surface area contributed by atoms with Crippen LogP contribution in [0.2, 0.25) is 0 Å². The number of anilines is 3. The first-order valence-electron chi connectivity index (χ1n) is 6.79. The Morgan fingerprint density at radius 2 is 1.90 bits per heavy atom. The van der Waals surface area contributed by atoms with Crippen molar-refractivity contribution < 1.29 is 0 Å². The predicted octanol–water partition coefficient (Wildman–Crippen LogP) is 4.57. The van der Waals surface area contributed by atoms with Gasteiger partial charge < -0.3 is 10.6 Å². The van der Waals surface area contributed by atoms with Crippen molar-refractivity contribution in [2.24, 2.45) is 0 Å². The van der Waals surface area contributed by atoms with E-state index in [1.807, 2.05) is 31.2 Å². The lowest BCUT2D eigenvalue weighted by molar-refractivity contribution is 1.08. The van der Waals surface area contributed by atoms with Crippen molar-refractivity contribution in [1.29, 1.82) is 0 Å². The maximum Gasteiger partial charge on any atom is 0.224 e. The summed E-state index contributed by atoms with van der Waals surface area (Å²) in [5, 5.41) is 8.85. The van der Waals surface area contributed by atoms with Gasteiger partial charge in [-0.1, -0.05) is 36.4 Å². The fourth-order valence-corrected chi connectivity index (χ4v) is 2.45. The minimum atomic E-state index is 0.614. The van der Waals surface area contributed by atoms with Gasteiger partial charge in [0.2, 0.25) is 5.95 Å². The van der Waals surface area contributed by atoms with Gasteiger partial charge in [-0.2, -0.15) is 4.98 Å². The molecule has 0 atom stereocenters. The number of benzene rings is 2. The first kappa shape index (κ1) is 13.8. The summed E-state index contributed by atoms with van der Waals surface area (Å²) in [7, 11) is 0. The number of hydrogen-bond donors (Lipinski definition) is 2. The molecule has 0 radical (unpaired) electrons. The van der Waals surface area contributed by atoms with Crippen LogP contribution in [0.3, 0.4) is 0 Å². The van der Waals surface area contributed by atoms with Crippen molar-refractivity contribution >= 4 is 44.2 Å². The zero-order chi connectivity index (χ0) is 14.7. The average molecular weight is 343 g/mol. The Kier molecular flexibility index (Phi) is 4.01. The fourth-order valence-electron chi connectivity index (χ4n) is 2.16. The summed E-state index contributed by atoms with van der Waals surface area (Å²) >= 11 is 3.49. The summed E-state index contributed by atoms with van der Waals surface area (Å²) in [6.45, 7) is 2.80. The van der Waals surface area contributed by atoms with Crippen molar-refractivity contribution in [1.82, 2.24) is 9.97 Å². The van der Waals surface area contributed by atoms with Gasteiger partial charge in [0.25, 0.3) is 0 Å². The lowest BCUT2D eigenvalue weighted by Crippen LogP contribution is -2.04. The van der Waals surface area contributed by atoms with Crippen LogP contribution in [0.1, 0.15) is 6.92 Å². The minimum absolute atomic E-state index is 0.614. The number of rotatable bonds is 4. The van der Waals surface area contributed by atoms with Crippen molar-refractivity contribution in [2.45, 2.75) is 6.92 Å². The Labute approximate surface area is 131 Å². The molecule has 0 aliphatic heterocycles. The summed E-state index contributed by atoms with van der Waals surface area (Å²) in [6.07, 6.45) is 1.75. The second kappa shape index (κ2) is 6.10. The molecule has 0 saturated heterocycles. The van der Waals surface area contributed by atoms with Crippen LogP contribution in [0.5, 0.6) is 0 Å². The number of aromatic nitrogens is 2. The molecule has 3 rings (SSSR count). The average Bonchev–Trinajstić information content (AvgIpc) is 2.51. The number of fused-ring (bicyclic) bond motifs is 1. The van der Waals surface area contributed by atoms with Gasteiger partial charge in [0.05, 0.1) is 4.47 Å². The molecule has 2 N–H and O–H groups in total. The predicted molar refractivity (Wildman–Crippen MR) is 91.1 cm³/mol. The molecular weight excluding hydrogens is 328 g/mol. The summed E-state index contributed by atoms with van der Waals surface area (Å²) in [5.41, 5.74) is 1.02. The molecule has 0 saturated carbocycles. The van der Waals surface area contributed by atoms with Gasteiger partial charge >= 0.3 is 0 Å². The Hall–Kier alpha value is -2.14. The van der Waals surface area contributed by atoms with Crippen LogP contribution in [0, 0.1) is 0 Å². The zero-order valence-corrected chi connectivity index (χ0v) is 13.2. The van der Waals surface area contributed by atoms with Gasteiger partial charge in [-0.05, 0) is 34.3 Å². The van der Waals surface area contributed by atoms with Crippen molar-refractivity contribution in [3.8, 4) is 0 Å². The first-order chi connectivity index (χ1) is 10.3. The highest BCUT2D eigenvalue weighted by atomic mass is 79.9. The molecule has 0 unspecified atom stereocenters. The maximum atomic E-state index is 4.48. The Bertz CT molecular complexity index is 768. The van der Waals surface area contributed by atoms with Crippen LogP contribution in [-0.4, -0.2) is 16.5 Å². The summed E-state index contributed by atoms with van der Waals surface area (Å²) in [6, 6.07) is 14.4. The van der Waals surface area contributed by atoms with Crippen LogP contribution in [-0.2, 0) is 0 Å². The normalized spacial score (nSPS) is 10.6. The molecule has 0 spiro atoms. The third-order valence-electron chi connectivity index (χ3n) is 3.12. The lowest BCUT2D eigenvalue weighted by atomic mass is 10.1. The van der Waals surface area contributed by atoms with E-state index in [0.717, 1.165) is 27.9 Å². The van der Waals surface area contributed by atoms with Gasteiger partial charge in [0.1, 0.15) is 5.82 Å². The number of nitrogens with zero attached hydrogens (tertiary/aromatic N) is 2. The van der Waals surface area contributed by atoms with Crippen LogP contribution < -0.4 is 10.6 Å². The molecule has 1 heterocycles. The van der Waals surface area contributed by atoms with E-state index >= 15 is 0 Å². The van der Waals surface area contributed by atoms with E-state index in [2.05, 4.69) is 54.7 Å². The van der Waals surface area contributed by atoms with E-state index in [0.29, 0.717) is 5.95 Å².